The van der Waals surface area contributed by atoms with Crippen LogP contribution in [0.15, 0.2) is 47.4 Å². The number of benzene rings is 2. The summed E-state index contributed by atoms with van der Waals surface area (Å²) in [5, 5.41) is 7.26. The Morgan fingerprint density at radius 2 is 1.88 bits per heavy atom. The number of carbonyl (C=O) groups excluding carboxylic acids is 2. The lowest BCUT2D eigenvalue weighted by Gasteiger charge is -2.14. The van der Waals surface area contributed by atoms with Crippen molar-refractivity contribution in [2.45, 2.75) is 51.3 Å². The van der Waals surface area contributed by atoms with Crippen LogP contribution in [0.1, 0.15) is 47.8 Å². The van der Waals surface area contributed by atoms with Crippen LogP contribution in [0.25, 0.3) is 11.1 Å². The van der Waals surface area contributed by atoms with Gasteiger partial charge in [0.2, 0.25) is 11.8 Å². The molecular weight excluding hydrogens is 440 g/mol. The normalized spacial score (nSPS) is 13.9. The van der Waals surface area contributed by atoms with Crippen LogP contribution >= 0.6 is 0 Å². The van der Waals surface area contributed by atoms with Gasteiger partial charge in [-0.2, -0.15) is 9.78 Å². The summed E-state index contributed by atoms with van der Waals surface area (Å²) in [5.41, 5.74) is 3.78. The van der Waals surface area contributed by atoms with Gasteiger partial charge in [0.05, 0.1) is 10.6 Å². The highest BCUT2D eigenvalue weighted by atomic mass is 32.2. The number of carbonyl (C=O) groups is 2. The predicted molar refractivity (Wildman–Crippen MR) is 127 cm³/mol. The fourth-order valence-corrected chi connectivity index (χ4v) is 5.28. The minimum atomic E-state index is -3.88. The average molecular weight is 467 g/mol. The fourth-order valence-electron chi connectivity index (χ4n) is 3.96. The molecule has 1 amide bonds. The van der Waals surface area contributed by atoms with Gasteiger partial charge in [0.15, 0.2) is 0 Å². The first kappa shape index (κ1) is 22.7. The zero-order valence-corrected chi connectivity index (χ0v) is 19.6. The number of nitrogens with zero attached hydrogens (tertiary/aromatic N) is 2. The molecule has 0 atom stereocenters. The van der Waals surface area contributed by atoms with Gasteiger partial charge in [0.25, 0.3) is 10.0 Å². The Balaban J connectivity index is 1.84. The van der Waals surface area contributed by atoms with Crippen LogP contribution in [-0.2, 0) is 21.2 Å². The molecule has 0 radical (unpaired) electrons. The molecule has 0 unspecified atom stereocenters. The van der Waals surface area contributed by atoms with Crippen LogP contribution < -0.4 is 10.0 Å². The summed E-state index contributed by atoms with van der Waals surface area (Å²) in [4.78, 5) is 24.9. The predicted octanol–water partition coefficient (Wildman–Crippen LogP) is 4.29. The molecule has 0 spiro atoms. The maximum absolute atomic E-state index is 13.3. The van der Waals surface area contributed by atoms with E-state index in [1.807, 2.05) is 19.9 Å². The highest BCUT2D eigenvalue weighted by Crippen LogP contribution is 2.36. The van der Waals surface area contributed by atoms with E-state index in [1.165, 1.54) is 4.68 Å². The Bertz CT molecular complexity index is 1360. The summed E-state index contributed by atoms with van der Waals surface area (Å²) in [6, 6.07) is 12.2. The number of sulfonamides is 1. The molecule has 0 aliphatic carbocycles. The number of aryl methyl sites for hydroxylation is 3. The number of fused-ring (bicyclic) bond motifs is 1. The Kier molecular flexibility index (Phi) is 6.07. The number of rotatable bonds is 6. The number of amides is 1. The molecule has 172 valence electrons. The lowest BCUT2D eigenvalue weighted by molar-refractivity contribution is -0.116. The zero-order valence-electron chi connectivity index (χ0n) is 18.8. The van der Waals surface area contributed by atoms with Gasteiger partial charge in [-0.15, -0.1) is 0 Å². The third-order valence-electron chi connectivity index (χ3n) is 5.54. The second-order valence-electron chi connectivity index (χ2n) is 8.23. The number of aromatic nitrogens is 2. The van der Waals surface area contributed by atoms with Gasteiger partial charge in [-0.1, -0.05) is 37.6 Å². The fraction of sp³-hybridized carbons (Fsp3) is 0.292. The summed E-state index contributed by atoms with van der Waals surface area (Å²) in [6.45, 7) is 5.61. The molecule has 0 bridgehead atoms. The van der Waals surface area contributed by atoms with Crippen LogP contribution in [-0.4, -0.2) is 30.0 Å². The van der Waals surface area contributed by atoms with Gasteiger partial charge >= 0.3 is 0 Å². The molecule has 8 nitrogen and oxygen atoms in total. The number of nitrogens with one attached hydrogen (secondary N) is 2. The van der Waals surface area contributed by atoms with E-state index in [2.05, 4.69) is 15.1 Å². The first-order chi connectivity index (χ1) is 15.7. The summed E-state index contributed by atoms with van der Waals surface area (Å²) < 4.78 is 30.4. The molecule has 9 heteroatoms. The first-order valence-electron chi connectivity index (χ1n) is 10.8. The minimum Gasteiger partial charge on any atom is -0.310 e. The molecular formula is C24H26N4O4S. The maximum Gasteiger partial charge on any atom is 0.262 e. The smallest absolute Gasteiger partial charge is 0.262 e. The highest BCUT2D eigenvalue weighted by Gasteiger charge is 2.28. The Morgan fingerprint density at radius 3 is 2.61 bits per heavy atom. The van der Waals surface area contributed by atoms with E-state index >= 15 is 0 Å². The minimum absolute atomic E-state index is 0.0689. The number of anilines is 2. The lowest BCUT2D eigenvalue weighted by atomic mass is 10.0. The third-order valence-corrected chi connectivity index (χ3v) is 7.06. The molecule has 3 aromatic rings. The van der Waals surface area contributed by atoms with Crippen molar-refractivity contribution >= 4 is 33.3 Å². The molecule has 0 saturated carbocycles. The summed E-state index contributed by atoms with van der Waals surface area (Å²) in [5.74, 6) is -0.245. The van der Waals surface area contributed by atoms with Gasteiger partial charge in [-0.3, -0.25) is 14.3 Å². The maximum atomic E-state index is 13.3. The first-order valence-corrected chi connectivity index (χ1v) is 12.3. The van der Waals surface area contributed by atoms with Crippen molar-refractivity contribution in [3.8, 4) is 11.1 Å². The zero-order chi connectivity index (χ0) is 23.8. The van der Waals surface area contributed by atoms with E-state index in [1.54, 1.807) is 43.3 Å². The van der Waals surface area contributed by atoms with E-state index in [4.69, 9.17) is 0 Å². The van der Waals surface area contributed by atoms with Crippen molar-refractivity contribution in [1.82, 2.24) is 9.78 Å². The van der Waals surface area contributed by atoms with Gasteiger partial charge in [0, 0.05) is 24.1 Å². The van der Waals surface area contributed by atoms with Crippen molar-refractivity contribution < 1.29 is 18.0 Å². The van der Waals surface area contributed by atoms with Crippen molar-refractivity contribution in [1.29, 1.82) is 0 Å². The van der Waals surface area contributed by atoms with Crippen LogP contribution in [0.5, 0.6) is 0 Å². The molecule has 2 heterocycles. The molecule has 0 fully saturated rings. The molecule has 2 N–H and O–H groups in total. The second-order valence-corrected chi connectivity index (χ2v) is 9.88. The molecule has 0 saturated heterocycles. The Hall–Kier alpha value is -3.46. The molecule has 1 aliphatic heterocycles. The molecule has 2 aromatic carbocycles. The second kappa shape index (κ2) is 8.82. The van der Waals surface area contributed by atoms with Gasteiger partial charge in [0.1, 0.15) is 5.82 Å². The Morgan fingerprint density at radius 1 is 1.09 bits per heavy atom. The van der Waals surface area contributed by atoms with Crippen molar-refractivity contribution in [2.75, 3.05) is 10.0 Å². The van der Waals surface area contributed by atoms with E-state index in [9.17, 15) is 18.0 Å². The van der Waals surface area contributed by atoms with Crippen LogP contribution in [0.2, 0.25) is 0 Å². The van der Waals surface area contributed by atoms with Crippen LogP contribution in [0.4, 0.5) is 11.5 Å². The van der Waals surface area contributed by atoms with Crippen molar-refractivity contribution in [3.05, 3.63) is 59.3 Å². The number of hydrogen-bond donors (Lipinski definition) is 2. The lowest BCUT2D eigenvalue weighted by Crippen LogP contribution is -2.15. The summed E-state index contributed by atoms with van der Waals surface area (Å²) in [6.07, 6.45) is 1.51. The largest absolute Gasteiger partial charge is 0.310 e. The Labute approximate surface area is 193 Å². The topological polar surface area (TPSA) is 110 Å². The van der Waals surface area contributed by atoms with E-state index in [0.717, 1.165) is 12.0 Å². The molecule has 4 rings (SSSR count). The van der Waals surface area contributed by atoms with Crippen LogP contribution in [0, 0.1) is 13.8 Å². The quantitative estimate of drug-likeness (QED) is 0.563. The van der Waals surface area contributed by atoms with Gasteiger partial charge < -0.3 is 5.32 Å². The monoisotopic (exact) mass is 466 g/mol. The average Bonchev–Trinajstić information content (AvgIpc) is 3.03. The molecule has 1 aliphatic rings. The number of hydrogen-bond acceptors (Lipinski definition) is 5. The van der Waals surface area contributed by atoms with E-state index in [0.29, 0.717) is 40.3 Å². The highest BCUT2D eigenvalue weighted by molar-refractivity contribution is 7.92. The SMILES string of the molecule is CCCc1nn2c(c1-c1ccc(C)c(S(=O)(=O)Nc3cccc(C)c3)c1)NC(=O)CCC2=O. The standard InChI is InChI=1S/C24H26N4O4S/c1-4-6-19-23(24-25-21(29)11-12-22(30)28(24)26-19)17-10-9-16(3)20(14-17)33(31,32)27-18-8-5-7-15(2)13-18/h5,7-10,13-14,27H,4,6,11-12H2,1-3H3,(H,25,29). The summed E-state index contributed by atoms with van der Waals surface area (Å²) >= 11 is 0. The van der Waals surface area contributed by atoms with E-state index < -0.39 is 10.0 Å². The third kappa shape index (κ3) is 4.54. The van der Waals surface area contributed by atoms with Crippen molar-refractivity contribution in [3.63, 3.8) is 0 Å². The van der Waals surface area contributed by atoms with E-state index in [-0.39, 0.29) is 29.6 Å². The van der Waals surface area contributed by atoms with Crippen molar-refractivity contribution in [2.24, 2.45) is 0 Å². The van der Waals surface area contributed by atoms with Gasteiger partial charge in [-0.05, 0) is 55.2 Å². The van der Waals surface area contributed by atoms with Crippen LogP contribution in [0.3, 0.4) is 0 Å². The summed E-state index contributed by atoms with van der Waals surface area (Å²) in [7, 11) is -3.88. The molecule has 1 aromatic heterocycles. The molecule has 33 heavy (non-hydrogen) atoms. The van der Waals surface area contributed by atoms with Gasteiger partial charge in [-0.25, -0.2) is 8.42 Å².